The van der Waals surface area contributed by atoms with Gasteiger partial charge in [-0.15, -0.1) is 0 Å². The van der Waals surface area contributed by atoms with Crippen LogP contribution in [0.15, 0.2) is 30.5 Å². The molecule has 0 aliphatic rings. The van der Waals surface area contributed by atoms with E-state index in [4.69, 9.17) is 14.2 Å². The lowest BCUT2D eigenvalue weighted by Crippen LogP contribution is -2.13. The molecule has 146 valence electrons. The summed E-state index contributed by atoms with van der Waals surface area (Å²) < 4.78 is 15.8. The molecular weight excluding hydrogens is 346 g/mol. The minimum atomic E-state index is -0.314. The second-order valence-corrected chi connectivity index (χ2v) is 5.93. The number of anilines is 2. The number of nitrogens with zero attached hydrogens (tertiary/aromatic N) is 1. The van der Waals surface area contributed by atoms with Crippen molar-refractivity contribution in [1.29, 1.82) is 0 Å². The van der Waals surface area contributed by atoms with Crippen LogP contribution < -0.4 is 24.8 Å². The van der Waals surface area contributed by atoms with Crippen molar-refractivity contribution in [2.75, 3.05) is 38.5 Å². The largest absolute Gasteiger partial charge is 0.493 e. The molecule has 7 nitrogen and oxygen atoms in total. The van der Waals surface area contributed by atoms with Crippen molar-refractivity contribution < 1.29 is 19.0 Å². The first-order valence-corrected chi connectivity index (χ1v) is 8.94. The molecule has 1 aromatic carbocycles. The van der Waals surface area contributed by atoms with Gasteiger partial charge in [-0.2, -0.15) is 0 Å². The van der Waals surface area contributed by atoms with Crippen LogP contribution in [0.4, 0.5) is 11.5 Å². The molecule has 0 bridgehead atoms. The minimum Gasteiger partial charge on any atom is -0.493 e. The van der Waals surface area contributed by atoms with Crippen LogP contribution in [0.5, 0.6) is 17.2 Å². The zero-order chi connectivity index (χ0) is 19.6. The van der Waals surface area contributed by atoms with Gasteiger partial charge >= 0.3 is 0 Å². The third kappa shape index (κ3) is 5.51. The Kier molecular flexibility index (Phi) is 7.73. The van der Waals surface area contributed by atoms with E-state index in [1.807, 2.05) is 6.07 Å². The number of methoxy groups -OCH3 is 3. The van der Waals surface area contributed by atoms with E-state index < -0.39 is 0 Å². The topological polar surface area (TPSA) is 81.7 Å². The lowest BCUT2D eigenvalue weighted by molar-refractivity contribution is 0.102. The highest BCUT2D eigenvalue weighted by Crippen LogP contribution is 2.38. The van der Waals surface area contributed by atoms with Crippen LogP contribution in [0, 0.1) is 0 Å². The molecule has 2 aromatic rings. The van der Waals surface area contributed by atoms with Crippen molar-refractivity contribution in [2.24, 2.45) is 0 Å². The fourth-order valence-electron chi connectivity index (χ4n) is 2.58. The number of carbonyl (C=O) groups excluding carboxylic acids is 1. The smallest absolute Gasteiger partial charge is 0.257 e. The first kappa shape index (κ1) is 20.4. The summed E-state index contributed by atoms with van der Waals surface area (Å²) in [4.78, 5) is 16.8. The predicted octanol–water partition coefficient (Wildman–Crippen LogP) is 3.96. The second-order valence-electron chi connectivity index (χ2n) is 5.93. The van der Waals surface area contributed by atoms with E-state index in [2.05, 4.69) is 22.5 Å². The second kappa shape index (κ2) is 10.3. The molecule has 0 fully saturated rings. The quantitative estimate of drug-likeness (QED) is 0.614. The monoisotopic (exact) mass is 373 g/mol. The Labute approximate surface area is 160 Å². The number of rotatable bonds is 10. The SMILES string of the molecule is CCCCCNc1ccc(NC(=O)c2cc(OC)c(OC)c(OC)c2)nc1. The Bertz CT molecular complexity index is 722. The summed E-state index contributed by atoms with van der Waals surface area (Å²) in [5.74, 6) is 1.43. The van der Waals surface area contributed by atoms with Crippen LogP contribution in [-0.2, 0) is 0 Å². The average molecular weight is 373 g/mol. The van der Waals surface area contributed by atoms with E-state index in [9.17, 15) is 4.79 Å². The molecular formula is C20H27N3O4. The van der Waals surface area contributed by atoms with Crippen LogP contribution in [0.1, 0.15) is 36.5 Å². The summed E-state index contributed by atoms with van der Waals surface area (Å²) in [5.41, 5.74) is 1.31. The molecule has 0 unspecified atom stereocenters. The Hall–Kier alpha value is -2.96. The average Bonchev–Trinajstić information content (AvgIpc) is 2.71. The fraction of sp³-hybridized carbons (Fsp3) is 0.400. The Morgan fingerprint density at radius 3 is 2.26 bits per heavy atom. The van der Waals surface area contributed by atoms with Gasteiger partial charge in [0, 0.05) is 12.1 Å². The van der Waals surface area contributed by atoms with Crippen LogP contribution in [-0.4, -0.2) is 38.8 Å². The number of carbonyl (C=O) groups is 1. The van der Waals surface area contributed by atoms with E-state index in [-0.39, 0.29) is 5.91 Å². The molecule has 0 aliphatic heterocycles. The molecule has 1 heterocycles. The lowest BCUT2D eigenvalue weighted by atomic mass is 10.1. The Morgan fingerprint density at radius 2 is 1.74 bits per heavy atom. The van der Waals surface area contributed by atoms with Crippen molar-refractivity contribution in [2.45, 2.75) is 26.2 Å². The fourth-order valence-corrected chi connectivity index (χ4v) is 2.58. The van der Waals surface area contributed by atoms with E-state index >= 15 is 0 Å². The van der Waals surface area contributed by atoms with Gasteiger partial charge in [-0.05, 0) is 30.7 Å². The van der Waals surface area contributed by atoms with Gasteiger partial charge in [0.2, 0.25) is 5.75 Å². The molecule has 0 spiro atoms. The molecule has 2 N–H and O–H groups in total. The van der Waals surface area contributed by atoms with Gasteiger partial charge in [0.05, 0.1) is 33.2 Å². The highest BCUT2D eigenvalue weighted by molar-refractivity contribution is 6.04. The number of unbranched alkanes of at least 4 members (excludes halogenated alkanes) is 2. The van der Waals surface area contributed by atoms with Gasteiger partial charge in [0.25, 0.3) is 5.91 Å². The summed E-state index contributed by atoms with van der Waals surface area (Å²) in [6.45, 7) is 3.08. The number of pyridine rings is 1. The van der Waals surface area contributed by atoms with Crippen LogP contribution in [0.2, 0.25) is 0 Å². The molecule has 0 saturated carbocycles. The predicted molar refractivity (Wildman–Crippen MR) is 106 cm³/mol. The van der Waals surface area contributed by atoms with Crippen molar-refractivity contribution >= 4 is 17.4 Å². The van der Waals surface area contributed by atoms with Gasteiger partial charge in [-0.25, -0.2) is 4.98 Å². The Balaban J connectivity index is 2.06. The van der Waals surface area contributed by atoms with E-state index in [0.29, 0.717) is 28.6 Å². The number of benzene rings is 1. The third-order valence-electron chi connectivity index (χ3n) is 4.04. The number of nitrogens with one attached hydrogen (secondary N) is 2. The molecule has 2 rings (SSSR count). The van der Waals surface area contributed by atoms with E-state index in [1.165, 1.54) is 34.2 Å². The van der Waals surface area contributed by atoms with E-state index in [1.54, 1.807) is 24.4 Å². The van der Waals surface area contributed by atoms with Crippen molar-refractivity contribution in [3.8, 4) is 17.2 Å². The molecule has 7 heteroatoms. The third-order valence-corrected chi connectivity index (χ3v) is 4.04. The van der Waals surface area contributed by atoms with Gasteiger partial charge < -0.3 is 24.8 Å². The van der Waals surface area contributed by atoms with Crippen LogP contribution in [0.3, 0.4) is 0 Å². The van der Waals surface area contributed by atoms with Gasteiger partial charge in [-0.3, -0.25) is 4.79 Å². The Morgan fingerprint density at radius 1 is 1.04 bits per heavy atom. The first-order valence-electron chi connectivity index (χ1n) is 8.94. The number of hydrogen-bond acceptors (Lipinski definition) is 6. The normalized spacial score (nSPS) is 10.2. The summed E-state index contributed by atoms with van der Waals surface area (Å²) in [7, 11) is 4.53. The molecule has 1 aromatic heterocycles. The summed E-state index contributed by atoms with van der Waals surface area (Å²) in [6, 6.07) is 6.85. The maximum absolute atomic E-state index is 12.6. The molecule has 0 radical (unpaired) electrons. The van der Waals surface area contributed by atoms with E-state index in [0.717, 1.165) is 18.7 Å². The number of ether oxygens (including phenoxy) is 3. The molecule has 0 atom stereocenters. The van der Waals surface area contributed by atoms with Gasteiger partial charge in [0.1, 0.15) is 5.82 Å². The summed E-state index contributed by atoms with van der Waals surface area (Å²) >= 11 is 0. The van der Waals surface area contributed by atoms with Gasteiger partial charge in [0.15, 0.2) is 11.5 Å². The first-order chi connectivity index (χ1) is 13.1. The standard InChI is InChI=1S/C20H27N3O4/c1-5-6-7-10-21-15-8-9-18(22-13-15)23-20(24)14-11-16(25-2)19(27-4)17(12-14)26-3/h8-9,11-13,21H,5-7,10H2,1-4H3,(H,22,23,24). The number of aromatic nitrogens is 1. The highest BCUT2D eigenvalue weighted by Gasteiger charge is 2.17. The molecule has 1 amide bonds. The number of hydrogen-bond donors (Lipinski definition) is 2. The molecule has 27 heavy (non-hydrogen) atoms. The maximum atomic E-state index is 12.6. The molecule has 0 saturated heterocycles. The van der Waals surface area contributed by atoms with Crippen LogP contribution >= 0.6 is 0 Å². The molecule has 0 aliphatic carbocycles. The summed E-state index contributed by atoms with van der Waals surface area (Å²) in [5, 5.41) is 6.08. The van der Waals surface area contributed by atoms with Crippen molar-refractivity contribution in [3.63, 3.8) is 0 Å². The summed E-state index contributed by atoms with van der Waals surface area (Å²) in [6.07, 6.45) is 5.21. The maximum Gasteiger partial charge on any atom is 0.257 e. The minimum absolute atomic E-state index is 0.314. The van der Waals surface area contributed by atoms with Crippen LogP contribution in [0.25, 0.3) is 0 Å². The lowest BCUT2D eigenvalue weighted by Gasteiger charge is -2.14. The zero-order valence-electron chi connectivity index (χ0n) is 16.3. The van der Waals surface area contributed by atoms with Crippen molar-refractivity contribution in [3.05, 3.63) is 36.0 Å². The number of amides is 1. The highest BCUT2D eigenvalue weighted by atomic mass is 16.5. The zero-order valence-corrected chi connectivity index (χ0v) is 16.3. The van der Waals surface area contributed by atoms with Crippen molar-refractivity contribution in [1.82, 2.24) is 4.98 Å². The van der Waals surface area contributed by atoms with Gasteiger partial charge in [-0.1, -0.05) is 19.8 Å².